The van der Waals surface area contributed by atoms with Crippen molar-refractivity contribution in [1.82, 2.24) is 14.8 Å². The highest BCUT2D eigenvalue weighted by molar-refractivity contribution is 5.28. The van der Waals surface area contributed by atoms with Crippen LogP contribution in [0, 0.1) is 0 Å². The van der Waals surface area contributed by atoms with Crippen LogP contribution < -0.4 is 5.73 Å². The predicted molar refractivity (Wildman–Crippen MR) is 70.7 cm³/mol. The second kappa shape index (κ2) is 5.98. The standard InChI is InChI=1S/C13H22N4/c1-16(9-10-17-7-2-3-8-17)11-12-5-4-6-13(14)15-12/h4-6H,2-3,7-11H2,1H3,(H2,14,15). The molecule has 1 aliphatic rings. The lowest BCUT2D eigenvalue weighted by molar-refractivity contribution is 0.251. The maximum Gasteiger partial charge on any atom is 0.123 e. The average Bonchev–Trinajstić information content (AvgIpc) is 2.79. The van der Waals surface area contributed by atoms with Gasteiger partial charge in [-0.05, 0) is 45.1 Å². The van der Waals surface area contributed by atoms with Crippen LogP contribution in [0.15, 0.2) is 18.2 Å². The van der Waals surface area contributed by atoms with Crippen molar-refractivity contribution in [3.05, 3.63) is 23.9 Å². The number of rotatable bonds is 5. The lowest BCUT2D eigenvalue weighted by Gasteiger charge is -2.21. The van der Waals surface area contributed by atoms with Gasteiger partial charge in [0.1, 0.15) is 5.82 Å². The Hall–Kier alpha value is -1.13. The summed E-state index contributed by atoms with van der Waals surface area (Å²) in [5, 5.41) is 0. The van der Waals surface area contributed by atoms with Crippen LogP contribution in [0.4, 0.5) is 5.82 Å². The van der Waals surface area contributed by atoms with E-state index in [2.05, 4.69) is 21.8 Å². The number of likely N-dealkylation sites (tertiary alicyclic amines) is 1. The molecular weight excluding hydrogens is 212 g/mol. The number of hydrogen-bond acceptors (Lipinski definition) is 4. The zero-order valence-electron chi connectivity index (χ0n) is 10.6. The van der Waals surface area contributed by atoms with Gasteiger partial charge in [0.2, 0.25) is 0 Å². The van der Waals surface area contributed by atoms with Crippen molar-refractivity contribution in [2.45, 2.75) is 19.4 Å². The molecule has 2 rings (SSSR count). The van der Waals surface area contributed by atoms with Gasteiger partial charge in [0.25, 0.3) is 0 Å². The van der Waals surface area contributed by atoms with Crippen LogP contribution in [0.2, 0.25) is 0 Å². The molecule has 0 aliphatic carbocycles. The van der Waals surface area contributed by atoms with Crippen LogP contribution >= 0.6 is 0 Å². The Kier molecular flexibility index (Phi) is 4.34. The van der Waals surface area contributed by atoms with E-state index in [-0.39, 0.29) is 0 Å². The highest BCUT2D eigenvalue weighted by atomic mass is 15.2. The highest BCUT2D eigenvalue weighted by Gasteiger charge is 2.11. The summed E-state index contributed by atoms with van der Waals surface area (Å²) in [5.41, 5.74) is 6.72. The van der Waals surface area contributed by atoms with Crippen molar-refractivity contribution >= 4 is 5.82 Å². The van der Waals surface area contributed by atoms with Gasteiger partial charge in [0, 0.05) is 19.6 Å². The van der Waals surface area contributed by atoms with Crippen molar-refractivity contribution < 1.29 is 0 Å². The normalized spacial score (nSPS) is 16.8. The smallest absolute Gasteiger partial charge is 0.123 e. The number of nitrogens with zero attached hydrogens (tertiary/aromatic N) is 3. The van der Waals surface area contributed by atoms with Gasteiger partial charge in [-0.2, -0.15) is 0 Å². The topological polar surface area (TPSA) is 45.4 Å². The van der Waals surface area contributed by atoms with Crippen molar-refractivity contribution in [1.29, 1.82) is 0 Å². The molecule has 0 bridgehead atoms. The molecule has 4 nitrogen and oxygen atoms in total. The third kappa shape index (κ3) is 3.98. The van der Waals surface area contributed by atoms with Crippen molar-refractivity contribution in [2.24, 2.45) is 0 Å². The van der Waals surface area contributed by atoms with E-state index in [9.17, 15) is 0 Å². The fourth-order valence-corrected chi connectivity index (χ4v) is 2.26. The first-order chi connectivity index (χ1) is 8.24. The summed E-state index contributed by atoms with van der Waals surface area (Å²) < 4.78 is 0. The molecular formula is C13H22N4. The second-order valence-corrected chi connectivity index (χ2v) is 4.84. The monoisotopic (exact) mass is 234 g/mol. The van der Waals surface area contributed by atoms with E-state index in [1.54, 1.807) is 0 Å². The maximum absolute atomic E-state index is 5.67. The summed E-state index contributed by atoms with van der Waals surface area (Å²) in [6, 6.07) is 5.82. The van der Waals surface area contributed by atoms with E-state index in [0.29, 0.717) is 5.82 Å². The number of likely N-dealkylation sites (N-methyl/N-ethyl adjacent to an activating group) is 1. The summed E-state index contributed by atoms with van der Waals surface area (Å²) in [4.78, 5) is 9.15. The van der Waals surface area contributed by atoms with E-state index < -0.39 is 0 Å². The second-order valence-electron chi connectivity index (χ2n) is 4.84. The number of nitrogen functional groups attached to an aromatic ring is 1. The van der Waals surface area contributed by atoms with E-state index >= 15 is 0 Å². The van der Waals surface area contributed by atoms with E-state index in [0.717, 1.165) is 18.8 Å². The molecule has 0 saturated carbocycles. The third-order valence-electron chi connectivity index (χ3n) is 3.26. The van der Waals surface area contributed by atoms with Gasteiger partial charge in [-0.25, -0.2) is 4.98 Å². The van der Waals surface area contributed by atoms with Crippen LogP contribution in [0.25, 0.3) is 0 Å². The van der Waals surface area contributed by atoms with Gasteiger partial charge < -0.3 is 10.6 Å². The Morgan fingerprint density at radius 2 is 2.12 bits per heavy atom. The summed E-state index contributed by atoms with van der Waals surface area (Å²) in [5.74, 6) is 0.607. The van der Waals surface area contributed by atoms with Crippen molar-refractivity contribution in [3.63, 3.8) is 0 Å². The Morgan fingerprint density at radius 1 is 1.35 bits per heavy atom. The fraction of sp³-hybridized carbons (Fsp3) is 0.615. The molecule has 0 unspecified atom stereocenters. The Bertz CT molecular complexity index is 347. The van der Waals surface area contributed by atoms with Gasteiger partial charge in [-0.15, -0.1) is 0 Å². The lowest BCUT2D eigenvalue weighted by Crippen LogP contribution is -2.31. The van der Waals surface area contributed by atoms with Crippen LogP contribution in [0.1, 0.15) is 18.5 Å². The van der Waals surface area contributed by atoms with Gasteiger partial charge in [0.15, 0.2) is 0 Å². The number of aromatic nitrogens is 1. The molecule has 1 fully saturated rings. The molecule has 0 atom stereocenters. The number of pyridine rings is 1. The minimum atomic E-state index is 0.607. The minimum absolute atomic E-state index is 0.607. The zero-order chi connectivity index (χ0) is 12.1. The Balaban J connectivity index is 1.74. The Labute approximate surface area is 103 Å². The first-order valence-corrected chi connectivity index (χ1v) is 6.36. The lowest BCUT2D eigenvalue weighted by atomic mass is 10.3. The molecule has 94 valence electrons. The molecule has 2 heterocycles. The molecule has 17 heavy (non-hydrogen) atoms. The Morgan fingerprint density at radius 3 is 2.82 bits per heavy atom. The van der Waals surface area contributed by atoms with E-state index in [4.69, 9.17) is 5.73 Å². The SMILES string of the molecule is CN(CCN1CCCC1)Cc1cccc(N)n1. The molecule has 1 aromatic rings. The number of nitrogens with two attached hydrogens (primary N) is 1. The molecule has 1 aliphatic heterocycles. The summed E-state index contributed by atoms with van der Waals surface area (Å²) in [7, 11) is 2.14. The number of anilines is 1. The van der Waals surface area contributed by atoms with E-state index in [1.807, 2.05) is 18.2 Å². The highest BCUT2D eigenvalue weighted by Crippen LogP contribution is 2.07. The minimum Gasteiger partial charge on any atom is -0.384 e. The quantitative estimate of drug-likeness (QED) is 0.831. The molecule has 1 saturated heterocycles. The predicted octanol–water partition coefficient (Wildman–Crippen LogP) is 1.19. The molecule has 4 heteroatoms. The summed E-state index contributed by atoms with van der Waals surface area (Å²) >= 11 is 0. The van der Waals surface area contributed by atoms with Crippen LogP contribution in [-0.4, -0.2) is 48.0 Å². The van der Waals surface area contributed by atoms with Crippen LogP contribution in [0.3, 0.4) is 0 Å². The molecule has 1 aromatic heterocycles. The summed E-state index contributed by atoms with van der Waals surface area (Å²) in [6.45, 7) is 5.67. The van der Waals surface area contributed by atoms with E-state index in [1.165, 1.54) is 32.5 Å². The number of hydrogen-bond donors (Lipinski definition) is 1. The average molecular weight is 234 g/mol. The maximum atomic E-state index is 5.67. The third-order valence-corrected chi connectivity index (χ3v) is 3.26. The first kappa shape index (κ1) is 12.3. The van der Waals surface area contributed by atoms with Gasteiger partial charge >= 0.3 is 0 Å². The molecule has 0 spiro atoms. The van der Waals surface area contributed by atoms with Crippen LogP contribution in [0.5, 0.6) is 0 Å². The molecule has 0 amide bonds. The van der Waals surface area contributed by atoms with Gasteiger partial charge in [-0.1, -0.05) is 6.07 Å². The molecule has 0 aromatic carbocycles. The summed E-state index contributed by atoms with van der Waals surface area (Å²) in [6.07, 6.45) is 2.72. The van der Waals surface area contributed by atoms with Gasteiger partial charge in [0.05, 0.1) is 5.69 Å². The fourth-order valence-electron chi connectivity index (χ4n) is 2.26. The first-order valence-electron chi connectivity index (χ1n) is 6.36. The largest absolute Gasteiger partial charge is 0.384 e. The van der Waals surface area contributed by atoms with Crippen LogP contribution in [-0.2, 0) is 6.54 Å². The van der Waals surface area contributed by atoms with Crippen molar-refractivity contribution in [2.75, 3.05) is 39.0 Å². The molecule has 0 radical (unpaired) electrons. The van der Waals surface area contributed by atoms with Gasteiger partial charge in [-0.3, -0.25) is 4.90 Å². The zero-order valence-corrected chi connectivity index (χ0v) is 10.6. The molecule has 2 N–H and O–H groups in total. The van der Waals surface area contributed by atoms with Crippen molar-refractivity contribution in [3.8, 4) is 0 Å².